The summed E-state index contributed by atoms with van der Waals surface area (Å²) < 4.78 is 6.69. The lowest BCUT2D eigenvalue weighted by atomic mass is 10.0. The fraction of sp³-hybridized carbons (Fsp3) is 0.222. The largest absolute Gasteiger partial charge is 0.339 e. The number of anilines is 2. The molecule has 37 heavy (non-hydrogen) atoms. The number of nitrogens with zero attached hydrogens (tertiary/aromatic N) is 5. The number of hydrogen-bond acceptors (Lipinski definition) is 8. The molecule has 0 aliphatic carbocycles. The van der Waals surface area contributed by atoms with Gasteiger partial charge in [-0.25, -0.2) is 4.98 Å². The molecule has 0 unspecified atom stereocenters. The van der Waals surface area contributed by atoms with Crippen LogP contribution in [-0.2, 0) is 13.0 Å². The van der Waals surface area contributed by atoms with E-state index < -0.39 is 0 Å². The second kappa shape index (κ2) is 10.5. The number of fused-ring (bicyclic) bond motifs is 1. The van der Waals surface area contributed by atoms with E-state index in [0.29, 0.717) is 51.6 Å². The van der Waals surface area contributed by atoms with Gasteiger partial charge in [0.15, 0.2) is 0 Å². The summed E-state index contributed by atoms with van der Waals surface area (Å²) in [4.78, 5) is 26.9. The minimum Gasteiger partial charge on any atom is -0.339 e. The van der Waals surface area contributed by atoms with Gasteiger partial charge in [0.05, 0.1) is 0 Å². The van der Waals surface area contributed by atoms with Crippen LogP contribution >= 0.6 is 11.6 Å². The zero-order valence-electron chi connectivity index (χ0n) is 20.7. The summed E-state index contributed by atoms with van der Waals surface area (Å²) in [7, 11) is 1.94. The lowest BCUT2D eigenvalue weighted by Crippen LogP contribution is -2.22. The molecule has 0 fully saturated rings. The number of nitrogens with one attached hydrogen (secondary N) is 2. The summed E-state index contributed by atoms with van der Waals surface area (Å²) in [5, 5.41) is 11.5. The fourth-order valence-corrected chi connectivity index (χ4v) is 4.43. The third-order valence-electron chi connectivity index (χ3n) is 6.06. The fourth-order valence-electron chi connectivity index (χ4n) is 4.15. The predicted octanol–water partition coefficient (Wildman–Crippen LogP) is 5.00. The van der Waals surface area contributed by atoms with Gasteiger partial charge in [0.1, 0.15) is 5.65 Å². The summed E-state index contributed by atoms with van der Waals surface area (Å²) in [6.45, 7) is 5.00. The van der Waals surface area contributed by atoms with Crippen molar-refractivity contribution in [1.29, 1.82) is 0 Å². The molecule has 0 amide bonds. The van der Waals surface area contributed by atoms with Crippen molar-refractivity contribution in [2.45, 2.75) is 26.8 Å². The Hall–Kier alpha value is -4.08. The van der Waals surface area contributed by atoms with Gasteiger partial charge in [0, 0.05) is 52.5 Å². The zero-order chi connectivity index (χ0) is 25.9. The number of aromatic nitrogens is 5. The number of halogens is 1. The van der Waals surface area contributed by atoms with Crippen LogP contribution < -0.4 is 16.2 Å². The number of benzene rings is 2. The highest BCUT2D eigenvalue weighted by Crippen LogP contribution is 2.31. The quantitative estimate of drug-likeness (QED) is 0.297. The van der Waals surface area contributed by atoms with Gasteiger partial charge in [-0.05, 0) is 56.8 Å². The highest BCUT2D eigenvalue weighted by Gasteiger charge is 2.16. The molecule has 0 bridgehead atoms. The van der Waals surface area contributed by atoms with Crippen molar-refractivity contribution in [2.24, 2.45) is 0 Å². The molecule has 0 spiro atoms. The van der Waals surface area contributed by atoms with Crippen molar-refractivity contribution in [1.82, 2.24) is 30.0 Å². The van der Waals surface area contributed by atoms with Crippen molar-refractivity contribution in [2.75, 3.05) is 18.9 Å². The van der Waals surface area contributed by atoms with Gasteiger partial charge < -0.3 is 15.2 Å². The van der Waals surface area contributed by atoms with Gasteiger partial charge in [-0.1, -0.05) is 41.0 Å². The first-order valence-electron chi connectivity index (χ1n) is 12.0. The Morgan fingerprint density at radius 2 is 1.86 bits per heavy atom. The molecule has 0 saturated carbocycles. The van der Waals surface area contributed by atoms with E-state index in [1.54, 1.807) is 35.9 Å². The second-order valence-electron chi connectivity index (χ2n) is 8.59. The van der Waals surface area contributed by atoms with Crippen LogP contribution in [0.3, 0.4) is 0 Å². The maximum atomic E-state index is 13.5. The molecule has 2 aromatic carbocycles. The smallest absolute Gasteiger partial charge is 0.260 e. The number of hydrogen-bond donors (Lipinski definition) is 2. The van der Waals surface area contributed by atoms with E-state index in [2.05, 4.69) is 42.9 Å². The van der Waals surface area contributed by atoms with Crippen molar-refractivity contribution in [3.8, 4) is 22.5 Å². The monoisotopic (exact) mass is 515 g/mol. The topological polar surface area (TPSA) is 111 Å². The summed E-state index contributed by atoms with van der Waals surface area (Å²) in [5.74, 6) is 1.32. The summed E-state index contributed by atoms with van der Waals surface area (Å²) in [5.41, 5.74) is 4.27. The molecule has 0 radical (unpaired) electrons. The van der Waals surface area contributed by atoms with Gasteiger partial charge in [-0.3, -0.25) is 9.36 Å². The molecular weight excluding hydrogens is 490 g/mol. The van der Waals surface area contributed by atoms with E-state index in [-0.39, 0.29) is 5.56 Å². The molecular formula is C27H26ClN7O2. The van der Waals surface area contributed by atoms with Crippen molar-refractivity contribution in [3.05, 3.63) is 81.6 Å². The molecule has 2 N–H and O–H groups in total. The van der Waals surface area contributed by atoms with Gasteiger partial charge in [0.2, 0.25) is 17.7 Å². The summed E-state index contributed by atoms with van der Waals surface area (Å²) >= 11 is 6.61. The standard InChI is InChI=1S/C27H26ClN7O2/c1-4-35-25-19(15-30-27(33-25)32-20-8-5-17(6-9-20)11-12-29-3)13-22(26(35)36)21-10-7-18(14-23(21)28)24-31-16(2)37-34-24/h5-10,13-15,29H,4,11-12H2,1-3H3,(H,30,32,33). The van der Waals surface area contributed by atoms with E-state index in [4.69, 9.17) is 16.1 Å². The van der Waals surface area contributed by atoms with E-state index in [0.717, 1.165) is 24.0 Å². The molecule has 3 heterocycles. The Morgan fingerprint density at radius 1 is 1.05 bits per heavy atom. The van der Waals surface area contributed by atoms with E-state index in [9.17, 15) is 4.79 Å². The van der Waals surface area contributed by atoms with E-state index in [1.807, 2.05) is 32.2 Å². The van der Waals surface area contributed by atoms with Crippen LogP contribution in [0.25, 0.3) is 33.5 Å². The Balaban J connectivity index is 1.48. The Bertz CT molecular complexity index is 1630. The first kappa shape index (κ1) is 24.6. The van der Waals surface area contributed by atoms with Crippen molar-refractivity contribution in [3.63, 3.8) is 0 Å². The lowest BCUT2D eigenvalue weighted by molar-refractivity contribution is 0.394. The molecule has 9 nitrogen and oxygen atoms in total. The van der Waals surface area contributed by atoms with Gasteiger partial charge in [-0.15, -0.1) is 0 Å². The molecule has 0 saturated heterocycles. The first-order valence-corrected chi connectivity index (χ1v) is 12.4. The van der Waals surface area contributed by atoms with Crippen LogP contribution in [0.2, 0.25) is 5.02 Å². The molecule has 0 aliphatic heterocycles. The van der Waals surface area contributed by atoms with E-state index >= 15 is 0 Å². The number of pyridine rings is 1. The van der Waals surface area contributed by atoms with Crippen LogP contribution in [0.5, 0.6) is 0 Å². The van der Waals surface area contributed by atoms with Crippen LogP contribution in [0, 0.1) is 6.92 Å². The van der Waals surface area contributed by atoms with E-state index in [1.165, 1.54) is 5.56 Å². The number of aryl methyl sites for hydroxylation is 2. The highest BCUT2D eigenvalue weighted by atomic mass is 35.5. The first-order chi connectivity index (χ1) is 18.0. The molecule has 5 rings (SSSR count). The molecule has 3 aromatic heterocycles. The normalized spacial score (nSPS) is 11.2. The molecule has 188 valence electrons. The Kier molecular flexibility index (Phi) is 6.98. The SMILES string of the molecule is CCn1c(=O)c(-c2ccc(-c3noc(C)n3)cc2Cl)cc2cnc(Nc3ccc(CCNC)cc3)nc21. The van der Waals surface area contributed by atoms with Crippen molar-refractivity contribution >= 4 is 34.3 Å². The number of likely N-dealkylation sites (N-methyl/N-ethyl adjacent to an activating group) is 1. The molecule has 0 atom stereocenters. The maximum absolute atomic E-state index is 13.5. The average Bonchev–Trinajstić information content (AvgIpc) is 3.34. The third-order valence-corrected chi connectivity index (χ3v) is 6.37. The van der Waals surface area contributed by atoms with Gasteiger partial charge >= 0.3 is 0 Å². The van der Waals surface area contributed by atoms with Crippen LogP contribution in [-0.4, -0.2) is 38.3 Å². The Labute approximate surface area is 218 Å². The van der Waals surface area contributed by atoms with Crippen LogP contribution in [0.15, 0.2) is 64.0 Å². The number of rotatable bonds is 8. The predicted molar refractivity (Wildman–Crippen MR) is 145 cm³/mol. The average molecular weight is 516 g/mol. The van der Waals surface area contributed by atoms with Gasteiger partial charge in [0.25, 0.3) is 5.56 Å². The van der Waals surface area contributed by atoms with Crippen LogP contribution in [0.4, 0.5) is 11.6 Å². The molecule has 5 aromatic rings. The molecule has 10 heteroatoms. The van der Waals surface area contributed by atoms with Gasteiger partial charge in [-0.2, -0.15) is 9.97 Å². The minimum atomic E-state index is -0.182. The molecule has 0 aliphatic rings. The maximum Gasteiger partial charge on any atom is 0.260 e. The minimum absolute atomic E-state index is 0.182. The van der Waals surface area contributed by atoms with Crippen molar-refractivity contribution < 1.29 is 4.52 Å². The highest BCUT2D eigenvalue weighted by molar-refractivity contribution is 6.33. The third kappa shape index (κ3) is 5.09. The summed E-state index contributed by atoms with van der Waals surface area (Å²) in [6.07, 6.45) is 2.67. The second-order valence-corrected chi connectivity index (χ2v) is 8.99. The lowest BCUT2D eigenvalue weighted by Gasteiger charge is -2.13. The summed E-state index contributed by atoms with van der Waals surface area (Å²) in [6, 6.07) is 15.3. The Morgan fingerprint density at radius 3 is 2.54 bits per heavy atom. The zero-order valence-corrected chi connectivity index (χ0v) is 21.5. The van der Waals surface area contributed by atoms with Crippen LogP contribution in [0.1, 0.15) is 18.4 Å².